The summed E-state index contributed by atoms with van der Waals surface area (Å²) in [6, 6.07) is 11.7. The van der Waals surface area contributed by atoms with Crippen LogP contribution in [-0.4, -0.2) is 25.1 Å². The Hall–Kier alpha value is -2.79. The second-order valence-corrected chi connectivity index (χ2v) is 6.23. The van der Waals surface area contributed by atoms with Gasteiger partial charge in [0.1, 0.15) is 17.1 Å². The van der Waals surface area contributed by atoms with E-state index in [0.717, 1.165) is 5.56 Å². The molecule has 128 valence electrons. The summed E-state index contributed by atoms with van der Waals surface area (Å²) in [4.78, 5) is 25.8. The minimum absolute atomic E-state index is 0.147. The van der Waals surface area contributed by atoms with E-state index in [-0.39, 0.29) is 5.43 Å². The van der Waals surface area contributed by atoms with Crippen molar-refractivity contribution < 1.29 is 13.9 Å². The zero-order valence-electron chi connectivity index (χ0n) is 14.0. The van der Waals surface area contributed by atoms with Crippen molar-refractivity contribution in [2.75, 3.05) is 14.1 Å². The van der Waals surface area contributed by atoms with Crippen LogP contribution in [0.1, 0.15) is 5.76 Å². The molecular weight excluding hydrogens is 342 g/mol. The number of carbonyl (C=O) groups is 1. The Labute approximate surface area is 149 Å². The lowest BCUT2D eigenvalue weighted by Crippen LogP contribution is -2.25. The third-order valence-corrected chi connectivity index (χ3v) is 4.00. The van der Waals surface area contributed by atoms with Gasteiger partial charge in [0.2, 0.25) is 5.43 Å². The lowest BCUT2D eigenvalue weighted by Gasteiger charge is -2.11. The number of benzene rings is 2. The molecule has 25 heavy (non-hydrogen) atoms. The molecule has 0 saturated carbocycles. The molecule has 0 spiro atoms. The maximum atomic E-state index is 12.9. The molecule has 5 nitrogen and oxygen atoms in total. The summed E-state index contributed by atoms with van der Waals surface area (Å²) in [7, 11) is 3.18. The van der Waals surface area contributed by atoms with E-state index in [1.807, 2.05) is 0 Å². The van der Waals surface area contributed by atoms with E-state index in [4.69, 9.17) is 20.8 Å². The second kappa shape index (κ2) is 6.61. The maximum Gasteiger partial charge on any atom is 0.414 e. The van der Waals surface area contributed by atoms with Gasteiger partial charge in [-0.25, -0.2) is 4.79 Å². The summed E-state index contributed by atoms with van der Waals surface area (Å²) in [6.45, 7) is 1.73. The second-order valence-electron chi connectivity index (χ2n) is 5.79. The number of nitrogens with zero attached hydrogens (tertiary/aromatic N) is 1. The molecule has 0 N–H and O–H groups in total. The smallest absolute Gasteiger partial charge is 0.414 e. The molecule has 0 aliphatic heterocycles. The molecule has 1 aromatic heterocycles. The first-order valence-corrected chi connectivity index (χ1v) is 7.97. The normalized spacial score (nSPS) is 10.7. The van der Waals surface area contributed by atoms with Crippen LogP contribution >= 0.6 is 11.6 Å². The molecular formula is C19H16ClNO4. The fraction of sp³-hybridized carbons (Fsp3) is 0.158. The average Bonchev–Trinajstić information content (AvgIpc) is 2.56. The lowest BCUT2D eigenvalue weighted by atomic mass is 10.0. The average molecular weight is 358 g/mol. The van der Waals surface area contributed by atoms with Crippen molar-refractivity contribution >= 4 is 28.7 Å². The minimum Gasteiger partial charge on any atom is -0.460 e. The fourth-order valence-electron chi connectivity index (χ4n) is 2.49. The van der Waals surface area contributed by atoms with Crippen molar-refractivity contribution in [2.45, 2.75) is 6.92 Å². The molecule has 0 radical (unpaired) electrons. The quantitative estimate of drug-likeness (QED) is 0.678. The Kier molecular flexibility index (Phi) is 4.51. The number of hydrogen-bond acceptors (Lipinski definition) is 4. The van der Waals surface area contributed by atoms with Gasteiger partial charge in [0.15, 0.2) is 0 Å². The lowest BCUT2D eigenvalue weighted by molar-refractivity contribution is 0.172. The minimum atomic E-state index is -0.504. The van der Waals surface area contributed by atoms with Crippen LogP contribution in [0.25, 0.3) is 22.1 Å². The molecule has 0 saturated heterocycles. The number of aryl methyl sites for hydroxylation is 1. The Balaban J connectivity index is 2.10. The predicted octanol–water partition coefficient (Wildman–Crippen LogP) is 4.48. The Morgan fingerprint density at radius 1 is 1.12 bits per heavy atom. The summed E-state index contributed by atoms with van der Waals surface area (Å²) < 4.78 is 11.0. The molecule has 1 heterocycles. The third-order valence-electron chi connectivity index (χ3n) is 3.74. The van der Waals surface area contributed by atoms with Crippen molar-refractivity contribution in [1.82, 2.24) is 4.90 Å². The SMILES string of the molecule is Cc1oc2cc(OC(=O)N(C)C)ccc2c(=O)c1-c1ccc(Cl)cc1. The molecule has 0 fully saturated rings. The summed E-state index contributed by atoms with van der Waals surface area (Å²) in [6.07, 6.45) is -0.504. The van der Waals surface area contributed by atoms with Crippen LogP contribution in [0.3, 0.4) is 0 Å². The number of fused-ring (bicyclic) bond motifs is 1. The van der Waals surface area contributed by atoms with E-state index in [2.05, 4.69) is 0 Å². The largest absolute Gasteiger partial charge is 0.460 e. The van der Waals surface area contributed by atoms with Gasteiger partial charge < -0.3 is 14.1 Å². The zero-order chi connectivity index (χ0) is 18.1. The van der Waals surface area contributed by atoms with Crippen LogP contribution in [0.5, 0.6) is 5.75 Å². The van der Waals surface area contributed by atoms with E-state index < -0.39 is 6.09 Å². The Bertz CT molecular complexity index is 1010. The Morgan fingerprint density at radius 3 is 2.44 bits per heavy atom. The molecule has 3 aromatic rings. The fourth-order valence-corrected chi connectivity index (χ4v) is 2.62. The highest BCUT2D eigenvalue weighted by Crippen LogP contribution is 2.27. The van der Waals surface area contributed by atoms with Crippen molar-refractivity contribution in [2.24, 2.45) is 0 Å². The summed E-state index contributed by atoms with van der Waals surface area (Å²) in [5, 5.41) is 1.01. The van der Waals surface area contributed by atoms with E-state index in [1.165, 1.54) is 11.0 Å². The number of carbonyl (C=O) groups excluding carboxylic acids is 1. The molecule has 3 rings (SSSR count). The standard InChI is InChI=1S/C19H16ClNO4/c1-11-17(12-4-6-13(20)7-5-12)18(22)15-9-8-14(10-16(15)24-11)25-19(23)21(2)3/h4-10H,1-3H3. The van der Waals surface area contributed by atoms with Gasteiger partial charge in [0.05, 0.1) is 10.9 Å². The van der Waals surface area contributed by atoms with E-state index in [1.54, 1.807) is 57.4 Å². The highest BCUT2D eigenvalue weighted by atomic mass is 35.5. The first-order chi connectivity index (χ1) is 11.9. The van der Waals surface area contributed by atoms with Crippen molar-refractivity contribution in [3.63, 3.8) is 0 Å². The number of amides is 1. The molecule has 0 unspecified atom stereocenters. The summed E-state index contributed by atoms with van der Waals surface area (Å²) in [5.74, 6) is 0.795. The molecule has 0 atom stereocenters. The first-order valence-electron chi connectivity index (χ1n) is 7.59. The summed E-state index contributed by atoms with van der Waals surface area (Å²) in [5.41, 5.74) is 1.44. The van der Waals surface area contributed by atoms with Crippen LogP contribution in [0.2, 0.25) is 5.02 Å². The van der Waals surface area contributed by atoms with Crippen LogP contribution in [0, 0.1) is 6.92 Å². The number of ether oxygens (including phenoxy) is 1. The van der Waals surface area contributed by atoms with Gasteiger partial charge >= 0.3 is 6.09 Å². The third kappa shape index (κ3) is 3.37. The topological polar surface area (TPSA) is 59.8 Å². The molecule has 0 aliphatic carbocycles. The zero-order valence-corrected chi connectivity index (χ0v) is 14.8. The van der Waals surface area contributed by atoms with Crippen LogP contribution in [0.15, 0.2) is 51.7 Å². The highest BCUT2D eigenvalue weighted by Gasteiger charge is 2.15. The van der Waals surface area contributed by atoms with Gasteiger partial charge in [-0.05, 0) is 36.8 Å². The van der Waals surface area contributed by atoms with E-state index in [9.17, 15) is 9.59 Å². The van der Waals surface area contributed by atoms with E-state index >= 15 is 0 Å². The van der Waals surface area contributed by atoms with Crippen LogP contribution < -0.4 is 10.2 Å². The van der Waals surface area contributed by atoms with Crippen molar-refractivity contribution in [1.29, 1.82) is 0 Å². The van der Waals surface area contributed by atoms with E-state index in [0.29, 0.717) is 33.1 Å². The molecule has 0 bridgehead atoms. The molecule has 6 heteroatoms. The van der Waals surface area contributed by atoms with Gasteiger partial charge in [-0.3, -0.25) is 4.79 Å². The number of hydrogen-bond donors (Lipinski definition) is 0. The van der Waals surface area contributed by atoms with Crippen LogP contribution in [-0.2, 0) is 0 Å². The monoisotopic (exact) mass is 357 g/mol. The molecule has 0 aliphatic rings. The first kappa shape index (κ1) is 17.0. The van der Waals surface area contributed by atoms with Crippen molar-refractivity contribution in [3.8, 4) is 16.9 Å². The van der Waals surface area contributed by atoms with Gasteiger partial charge in [-0.2, -0.15) is 0 Å². The number of rotatable bonds is 2. The van der Waals surface area contributed by atoms with Gasteiger partial charge in [0, 0.05) is 25.2 Å². The molecule has 1 amide bonds. The van der Waals surface area contributed by atoms with Gasteiger partial charge in [-0.15, -0.1) is 0 Å². The van der Waals surface area contributed by atoms with Gasteiger partial charge in [-0.1, -0.05) is 23.7 Å². The van der Waals surface area contributed by atoms with Gasteiger partial charge in [0.25, 0.3) is 0 Å². The Morgan fingerprint density at radius 2 is 1.80 bits per heavy atom. The van der Waals surface area contributed by atoms with Crippen LogP contribution in [0.4, 0.5) is 4.79 Å². The molecule has 2 aromatic carbocycles. The summed E-state index contributed by atoms with van der Waals surface area (Å²) >= 11 is 5.91. The number of halogens is 1. The van der Waals surface area contributed by atoms with Crippen molar-refractivity contribution in [3.05, 3.63) is 63.5 Å². The maximum absolute atomic E-state index is 12.9. The predicted molar refractivity (Wildman–Crippen MR) is 97.4 cm³/mol. The highest BCUT2D eigenvalue weighted by molar-refractivity contribution is 6.30.